The number of aryl methyl sites for hydroxylation is 1. The Morgan fingerprint density at radius 3 is 2.51 bits per heavy atom. The van der Waals surface area contributed by atoms with Gasteiger partial charge in [0.15, 0.2) is 0 Å². The topological polar surface area (TPSA) is 80.4 Å². The second kappa shape index (κ2) is 11.0. The summed E-state index contributed by atoms with van der Waals surface area (Å²) in [5.74, 6) is 1.79. The number of amides is 1. The van der Waals surface area contributed by atoms with Gasteiger partial charge < -0.3 is 14.4 Å². The van der Waals surface area contributed by atoms with E-state index in [1.165, 1.54) is 0 Å². The van der Waals surface area contributed by atoms with Crippen LogP contribution in [0.1, 0.15) is 64.8 Å². The summed E-state index contributed by atoms with van der Waals surface area (Å²) in [5.41, 5.74) is 3.11. The molecule has 2 heterocycles. The number of imidazole rings is 1. The molecule has 7 heteroatoms. The first kappa shape index (κ1) is 26.6. The fraction of sp³-hybridized carbons (Fsp3) is 0.406. The van der Waals surface area contributed by atoms with E-state index in [2.05, 4.69) is 29.7 Å². The average molecular weight is 525 g/mol. The van der Waals surface area contributed by atoms with Crippen LogP contribution in [-0.2, 0) is 11.2 Å². The molecule has 0 saturated carbocycles. The van der Waals surface area contributed by atoms with E-state index in [0.717, 1.165) is 71.2 Å². The third-order valence-corrected chi connectivity index (χ3v) is 7.11. The second-order valence-corrected chi connectivity index (χ2v) is 11.2. The number of nitriles is 1. The summed E-state index contributed by atoms with van der Waals surface area (Å²) >= 11 is 0. The molecule has 1 fully saturated rings. The fourth-order valence-corrected chi connectivity index (χ4v) is 5.21. The minimum atomic E-state index is -0.497. The van der Waals surface area contributed by atoms with Gasteiger partial charge in [-0.1, -0.05) is 37.6 Å². The molecule has 0 unspecified atom stereocenters. The number of likely N-dealkylation sites (tertiary alicyclic amines) is 1. The van der Waals surface area contributed by atoms with Gasteiger partial charge in [0.2, 0.25) is 0 Å². The number of rotatable bonds is 6. The van der Waals surface area contributed by atoms with Crippen molar-refractivity contribution < 1.29 is 14.3 Å². The van der Waals surface area contributed by atoms with Gasteiger partial charge >= 0.3 is 6.09 Å². The average Bonchev–Trinajstić information content (AvgIpc) is 3.28. The zero-order valence-corrected chi connectivity index (χ0v) is 23.2. The molecular formula is C32H36N4O3. The van der Waals surface area contributed by atoms with Crippen LogP contribution in [0.3, 0.4) is 0 Å². The molecule has 1 aromatic heterocycles. The molecule has 5 rings (SSSR count). The molecular weight excluding hydrogens is 488 g/mol. The summed E-state index contributed by atoms with van der Waals surface area (Å²) in [7, 11) is 0. The van der Waals surface area contributed by atoms with Crippen LogP contribution in [0, 0.1) is 11.3 Å². The van der Waals surface area contributed by atoms with Crippen molar-refractivity contribution in [1.29, 1.82) is 5.26 Å². The molecule has 4 aromatic rings. The standard InChI is InChI=1S/C32H36N4O3/c1-5-6-11-30-34-27-20-24(38-23-16-18-35(19-17-23)31(37)39-32(2,3)4)13-15-29(27)36(30)28-14-12-22(21-33)25-9-7-8-10-26(25)28/h7-10,12-15,20,23H,5-6,11,16-19H2,1-4H3. The summed E-state index contributed by atoms with van der Waals surface area (Å²) in [4.78, 5) is 19.2. The third kappa shape index (κ3) is 5.70. The fourth-order valence-electron chi connectivity index (χ4n) is 5.21. The highest BCUT2D eigenvalue weighted by Gasteiger charge is 2.28. The number of carbonyl (C=O) groups is 1. The van der Waals surface area contributed by atoms with Crippen molar-refractivity contribution in [2.75, 3.05) is 13.1 Å². The second-order valence-electron chi connectivity index (χ2n) is 11.2. The largest absolute Gasteiger partial charge is 0.490 e. The van der Waals surface area contributed by atoms with Gasteiger partial charge in [0.25, 0.3) is 0 Å². The molecule has 1 amide bonds. The van der Waals surface area contributed by atoms with Crippen molar-refractivity contribution >= 4 is 27.9 Å². The quantitative estimate of drug-likeness (QED) is 0.267. The lowest BCUT2D eigenvalue weighted by Gasteiger charge is -2.33. The molecule has 1 aliphatic rings. The highest BCUT2D eigenvalue weighted by Crippen LogP contribution is 2.32. The first-order valence-electron chi connectivity index (χ1n) is 13.9. The Kier molecular flexibility index (Phi) is 7.47. The lowest BCUT2D eigenvalue weighted by atomic mass is 10.0. The molecule has 1 saturated heterocycles. The van der Waals surface area contributed by atoms with E-state index >= 15 is 0 Å². The van der Waals surface area contributed by atoms with Crippen molar-refractivity contribution in [3.63, 3.8) is 0 Å². The molecule has 0 bridgehead atoms. The highest BCUT2D eigenvalue weighted by atomic mass is 16.6. The van der Waals surface area contributed by atoms with E-state index in [1.807, 2.05) is 63.2 Å². The normalized spacial score (nSPS) is 14.5. The van der Waals surface area contributed by atoms with Crippen molar-refractivity contribution in [2.24, 2.45) is 0 Å². The predicted molar refractivity (Wildman–Crippen MR) is 153 cm³/mol. The summed E-state index contributed by atoms with van der Waals surface area (Å²) in [6.07, 6.45) is 4.26. The van der Waals surface area contributed by atoms with Gasteiger partial charge in [-0.15, -0.1) is 0 Å². The van der Waals surface area contributed by atoms with E-state index in [9.17, 15) is 10.1 Å². The van der Waals surface area contributed by atoms with Crippen LogP contribution in [0.4, 0.5) is 4.79 Å². The number of ether oxygens (including phenoxy) is 2. The number of aromatic nitrogens is 2. The molecule has 39 heavy (non-hydrogen) atoms. The maximum atomic E-state index is 12.4. The van der Waals surface area contributed by atoms with Gasteiger partial charge in [-0.05, 0) is 51.5 Å². The van der Waals surface area contributed by atoms with Crippen LogP contribution in [0.15, 0.2) is 54.6 Å². The van der Waals surface area contributed by atoms with Crippen LogP contribution in [-0.4, -0.2) is 45.3 Å². The molecule has 7 nitrogen and oxygen atoms in total. The Hall–Kier alpha value is -4.05. The monoisotopic (exact) mass is 524 g/mol. The Morgan fingerprint density at radius 2 is 1.82 bits per heavy atom. The lowest BCUT2D eigenvalue weighted by molar-refractivity contribution is 0.0127. The Balaban J connectivity index is 1.41. The van der Waals surface area contributed by atoms with Gasteiger partial charge in [0.1, 0.15) is 23.3 Å². The summed E-state index contributed by atoms with van der Waals surface area (Å²) in [6, 6.07) is 20.4. The van der Waals surface area contributed by atoms with Crippen molar-refractivity contribution in [1.82, 2.24) is 14.5 Å². The zero-order valence-electron chi connectivity index (χ0n) is 23.2. The zero-order chi connectivity index (χ0) is 27.6. The van der Waals surface area contributed by atoms with E-state index in [4.69, 9.17) is 14.5 Å². The number of hydrogen-bond donors (Lipinski definition) is 0. The van der Waals surface area contributed by atoms with Crippen LogP contribution in [0.5, 0.6) is 5.75 Å². The highest BCUT2D eigenvalue weighted by molar-refractivity contribution is 5.96. The number of carbonyl (C=O) groups excluding carboxylic acids is 1. The minimum absolute atomic E-state index is 0.0326. The lowest BCUT2D eigenvalue weighted by Crippen LogP contribution is -2.44. The number of piperidine rings is 1. The van der Waals surface area contributed by atoms with Gasteiger partial charge in [-0.3, -0.25) is 4.57 Å². The molecule has 0 aliphatic carbocycles. The van der Waals surface area contributed by atoms with Crippen LogP contribution < -0.4 is 4.74 Å². The smallest absolute Gasteiger partial charge is 0.410 e. The maximum absolute atomic E-state index is 12.4. The molecule has 0 spiro atoms. The van der Waals surface area contributed by atoms with Gasteiger partial charge in [0.05, 0.1) is 28.4 Å². The molecule has 0 radical (unpaired) electrons. The molecule has 0 N–H and O–H groups in total. The number of benzene rings is 3. The molecule has 202 valence electrons. The molecule has 3 aromatic carbocycles. The van der Waals surface area contributed by atoms with Crippen molar-refractivity contribution in [3.8, 4) is 17.5 Å². The number of nitrogens with zero attached hydrogens (tertiary/aromatic N) is 4. The minimum Gasteiger partial charge on any atom is -0.490 e. The van der Waals surface area contributed by atoms with Crippen LogP contribution in [0.25, 0.3) is 27.5 Å². The van der Waals surface area contributed by atoms with Gasteiger partial charge in [-0.25, -0.2) is 9.78 Å². The van der Waals surface area contributed by atoms with E-state index < -0.39 is 5.60 Å². The van der Waals surface area contributed by atoms with E-state index in [1.54, 1.807) is 4.90 Å². The Bertz CT molecular complexity index is 1540. The number of hydrogen-bond acceptors (Lipinski definition) is 5. The maximum Gasteiger partial charge on any atom is 0.410 e. The first-order valence-corrected chi connectivity index (χ1v) is 13.9. The van der Waals surface area contributed by atoms with E-state index in [-0.39, 0.29) is 12.2 Å². The van der Waals surface area contributed by atoms with Crippen LogP contribution in [0.2, 0.25) is 0 Å². The number of fused-ring (bicyclic) bond motifs is 2. The first-order chi connectivity index (χ1) is 18.8. The number of unbranched alkanes of at least 4 members (excludes halogenated alkanes) is 1. The van der Waals surface area contributed by atoms with Crippen LogP contribution >= 0.6 is 0 Å². The van der Waals surface area contributed by atoms with Gasteiger partial charge in [0, 0.05) is 49.2 Å². The molecule has 1 aliphatic heterocycles. The SMILES string of the molecule is CCCCc1nc2cc(OC3CCN(C(=O)OC(C)(C)C)CC3)ccc2n1-c1ccc(C#N)c2ccccc12. The third-order valence-electron chi connectivity index (χ3n) is 7.11. The molecule has 0 atom stereocenters. The Labute approximate surface area is 229 Å². The Morgan fingerprint density at radius 1 is 1.08 bits per heavy atom. The van der Waals surface area contributed by atoms with E-state index in [0.29, 0.717) is 18.7 Å². The predicted octanol–water partition coefficient (Wildman–Crippen LogP) is 7.17. The summed E-state index contributed by atoms with van der Waals surface area (Å²) < 4.78 is 14.1. The summed E-state index contributed by atoms with van der Waals surface area (Å²) in [5, 5.41) is 11.6. The van der Waals surface area contributed by atoms with Gasteiger partial charge in [-0.2, -0.15) is 5.26 Å². The van der Waals surface area contributed by atoms with Crippen molar-refractivity contribution in [2.45, 2.75) is 71.5 Å². The summed E-state index contributed by atoms with van der Waals surface area (Å²) in [6.45, 7) is 9.07. The van der Waals surface area contributed by atoms with Crippen molar-refractivity contribution in [3.05, 3.63) is 66.0 Å².